The van der Waals surface area contributed by atoms with E-state index in [2.05, 4.69) is 30.7 Å². The molecule has 1 aromatic rings. The minimum absolute atomic E-state index is 0.0140. The maximum Gasteiger partial charge on any atom is 0.176 e. The summed E-state index contributed by atoms with van der Waals surface area (Å²) in [5.41, 5.74) is 0.525. The van der Waals surface area contributed by atoms with Crippen molar-refractivity contribution in [2.45, 2.75) is 19.4 Å². The van der Waals surface area contributed by atoms with Gasteiger partial charge in [0, 0.05) is 30.7 Å². The van der Waals surface area contributed by atoms with Gasteiger partial charge in [0.05, 0.1) is 6.54 Å². The van der Waals surface area contributed by atoms with Crippen LogP contribution in [0.1, 0.15) is 24.2 Å². The molecule has 3 nitrogen and oxygen atoms in total. The van der Waals surface area contributed by atoms with Crippen molar-refractivity contribution in [1.29, 1.82) is 0 Å². The van der Waals surface area contributed by atoms with E-state index in [0.29, 0.717) is 12.1 Å². The van der Waals surface area contributed by atoms with Crippen LogP contribution in [-0.2, 0) is 0 Å². The van der Waals surface area contributed by atoms with Gasteiger partial charge in [0.1, 0.15) is 5.82 Å². The van der Waals surface area contributed by atoms with Crippen LogP contribution in [0.5, 0.6) is 0 Å². The van der Waals surface area contributed by atoms with E-state index < -0.39 is 0 Å². The predicted octanol–water partition coefficient (Wildman–Crippen LogP) is 2.03. The first-order valence-corrected chi connectivity index (χ1v) is 6.61. The Hall–Kier alpha value is -1.26. The van der Waals surface area contributed by atoms with Crippen LogP contribution in [-0.4, -0.2) is 54.3 Å². The molecular weight excluding hydrogens is 243 g/mol. The lowest BCUT2D eigenvalue weighted by Crippen LogP contribution is -2.58. The first-order valence-electron chi connectivity index (χ1n) is 6.61. The Morgan fingerprint density at radius 3 is 2.74 bits per heavy atom. The molecule has 0 aromatic heterocycles. The second kappa shape index (κ2) is 5.39. The molecule has 0 N–H and O–H groups in total. The summed E-state index contributed by atoms with van der Waals surface area (Å²) in [6, 6.07) is 5.92. The van der Waals surface area contributed by atoms with Crippen molar-refractivity contribution in [3.05, 3.63) is 35.6 Å². The summed E-state index contributed by atoms with van der Waals surface area (Å²) in [7, 11) is 2.10. The highest BCUT2D eigenvalue weighted by atomic mass is 19.1. The Morgan fingerprint density at radius 2 is 2.11 bits per heavy atom. The Morgan fingerprint density at radius 1 is 1.37 bits per heavy atom. The molecule has 1 heterocycles. The fourth-order valence-corrected chi connectivity index (χ4v) is 2.43. The number of nitrogens with zero attached hydrogens (tertiary/aromatic N) is 2. The van der Waals surface area contributed by atoms with Crippen LogP contribution < -0.4 is 0 Å². The van der Waals surface area contributed by atoms with Crippen molar-refractivity contribution in [3.63, 3.8) is 0 Å². The molecule has 0 aliphatic carbocycles. The van der Waals surface area contributed by atoms with E-state index in [-0.39, 0.29) is 17.1 Å². The summed E-state index contributed by atoms with van der Waals surface area (Å²) in [4.78, 5) is 16.6. The summed E-state index contributed by atoms with van der Waals surface area (Å²) in [6.07, 6.45) is 0. The Kier molecular flexibility index (Phi) is 4.02. The van der Waals surface area contributed by atoms with Crippen LogP contribution in [0.4, 0.5) is 4.39 Å². The van der Waals surface area contributed by atoms with Crippen molar-refractivity contribution in [1.82, 2.24) is 9.80 Å². The summed E-state index contributed by atoms with van der Waals surface area (Å²) >= 11 is 0. The van der Waals surface area contributed by atoms with Gasteiger partial charge >= 0.3 is 0 Å². The molecule has 2 rings (SSSR count). The van der Waals surface area contributed by atoms with Crippen molar-refractivity contribution < 1.29 is 9.18 Å². The van der Waals surface area contributed by atoms with Crippen molar-refractivity contribution in [3.8, 4) is 0 Å². The van der Waals surface area contributed by atoms with Gasteiger partial charge in [-0.3, -0.25) is 14.6 Å². The first-order chi connectivity index (χ1) is 8.88. The van der Waals surface area contributed by atoms with Crippen LogP contribution in [0.25, 0.3) is 0 Å². The molecule has 0 unspecified atom stereocenters. The van der Waals surface area contributed by atoms with Gasteiger partial charge in [0.15, 0.2) is 5.78 Å². The Balaban J connectivity index is 2.00. The zero-order chi connectivity index (χ0) is 14.0. The molecule has 0 spiro atoms. The largest absolute Gasteiger partial charge is 0.299 e. The predicted molar refractivity (Wildman–Crippen MR) is 73.9 cm³/mol. The fraction of sp³-hybridized carbons (Fsp3) is 0.533. The van der Waals surface area contributed by atoms with Gasteiger partial charge in [-0.25, -0.2) is 4.39 Å². The highest BCUT2D eigenvalue weighted by Crippen LogP contribution is 2.19. The maximum atomic E-state index is 13.1. The molecule has 0 atom stereocenters. The van der Waals surface area contributed by atoms with Gasteiger partial charge < -0.3 is 0 Å². The molecule has 104 valence electrons. The van der Waals surface area contributed by atoms with Crippen LogP contribution in [0.15, 0.2) is 24.3 Å². The molecule has 4 heteroatoms. The van der Waals surface area contributed by atoms with E-state index in [1.807, 2.05) is 0 Å². The lowest BCUT2D eigenvalue weighted by molar-refractivity contribution is 0.0389. The van der Waals surface area contributed by atoms with Gasteiger partial charge in [-0.1, -0.05) is 12.1 Å². The molecule has 1 fully saturated rings. The number of benzene rings is 1. The summed E-state index contributed by atoms with van der Waals surface area (Å²) in [5, 5.41) is 0. The van der Waals surface area contributed by atoms with Crippen molar-refractivity contribution in [2.75, 3.05) is 33.2 Å². The molecule has 1 aliphatic heterocycles. The third kappa shape index (κ3) is 3.39. The summed E-state index contributed by atoms with van der Waals surface area (Å²) in [5.74, 6) is -0.371. The highest BCUT2D eigenvalue weighted by molar-refractivity contribution is 5.97. The third-order valence-corrected chi connectivity index (χ3v) is 3.91. The van der Waals surface area contributed by atoms with E-state index in [9.17, 15) is 9.18 Å². The number of ketones is 1. The molecular formula is C15H21FN2O. The average Bonchev–Trinajstić information content (AvgIpc) is 2.33. The summed E-state index contributed by atoms with van der Waals surface area (Å²) < 4.78 is 13.1. The highest BCUT2D eigenvalue weighted by Gasteiger charge is 2.31. The quantitative estimate of drug-likeness (QED) is 0.781. The number of hydrogen-bond donors (Lipinski definition) is 0. The lowest BCUT2D eigenvalue weighted by atomic mass is 9.99. The van der Waals surface area contributed by atoms with Crippen LogP contribution in [0.2, 0.25) is 0 Å². The van der Waals surface area contributed by atoms with E-state index in [1.165, 1.54) is 12.1 Å². The number of carbonyl (C=O) groups is 1. The van der Waals surface area contributed by atoms with E-state index in [1.54, 1.807) is 12.1 Å². The normalized spacial score (nSPS) is 20.4. The molecule has 1 aromatic carbocycles. The second-order valence-electron chi connectivity index (χ2n) is 5.88. The molecule has 0 saturated carbocycles. The minimum Gasteiger partial charge on any atom is -0.299 e. The van der Waals surface area contributed by atoms with E-state index in [4.69, 9.17) is 0 Å². The van der Waals surface area contributed by atoms with Crippen LogP contribution in [0.3, 0.4) is 0 Å². The lowest BCUT2D eigenvalue weighted by Gasteiger charge is -2.45. The molecule has 19 heavy (non-hydrogen) atoms. The van der Waals surface area contributed by atoms with Gasteiger partial charge in [-0.2, -0.15) is 0 Å². The van der Waals surface area contributed by atoms with Crippen LogP contribution >= 0.6 is 0 Å². The molecule has 0 bridgehead atoms. The zero-order valence-electron chi connectivity index (χ0n) is 11.8. The second-order valence-corrected chi connectivity index (χ2v) is 5.88. The molecule has 1 saturated heterocycles. The van der Waals surface area contributed by atoms with E-state index in [0.717, 1.165) is 19.6 Å². The number of Topliss-reactive ketones (excluding diaryl/α,β-unsaturated/α-hetero) is 1. The number of halogens is 1. The fourth-order valence-electron chi connectivity index (χ4n) is 2.43. The van der Waals surface area contributed by atoms with Crippen molar-refractivity contribution >= 4 is 5.78 Å². The monoisotopic (exact) mass is 264 g/mol. The van der Waals surface area contributed by atoms with Gasteiger partial charge in [0.25, 0.3) is 0 Å². The topological polar surface area (TPSA) is 23.6 Å². The smallest absolute Gasteiger partial charge is 0.176 e. The Labute approximate surface area is 114 Å². The third-order valence-electron chi connectivity index (χ3n) is 3.91. The number of carbonyl (C=O) groups excluding carboxylic acids is 1. The van der Waals surface area contributed by atoms with Crippen molar-refractivity contribution in [2.24, 2.45) is 0 Å². The Bertz CT molecular complexity index is 473. The number of likely N-dealkylation sites (N-methyl/N-ethyl adjacent to an activating group) is 1. The number of hydrogen-bond acceptors (Lipinski definition) is 3. The zero-order valence-corrected chi connectivity index (χ0v) is 11.8. The van der Waals surface area contributed by atoms with Gasteiger partial charge in [0.2, 0.25) is 0 Å². The first kappa shape index (κ1) is 14.2. The minimum atomic E-state index is -0.357. The number of piperazine rings is 1. The average molecular weight is 264 g/mol. The van der Waals surface area contributed by atoms with Crippen LogP contribution in [0, 0.1) is 5.82 Å². The van der Waals surface area contributed by atoms with Gasteiger partial charge in [-0.05, 0) is 33.0 Å². The van der Waals surface area contributed by atoms with E-state index >= 15 is 0 Å². The summed E-state index contributed by atoms with van der Waals surface area (Å²) in [6.45, 7) is 7.38. The SMILES string of the molecule is CN1CCN(CC(=O)c2cccc(F)c2)CC1(C)C. The molecule has 1 aliphatic rings. The molecule has 0 amide bonds. The van der Waals surface area contributed by atoms with Gasteiger partial charge in [-0.15, -0.1) is 0 Å². The number of rotatable bonds is 3. The molecule has 0 radical (unpaired) electrons. The standard InChI is InChI=1S/C15H21FN2O/c1-15(2)11-18(8-7-17(15)3)10-14(19)12-5-4-6-13(16)9-12/h4-6,9H,7-8,10-11H2,1-3H3. The maximum absolute atomic E-state index is 13.1.